The summed E-state index contributed by atoms with van der Waals surface area (Å²) in [6.45, 7) is 8.39. The molecule has 8 heteroatoms. The number of thioether (sulfide) groups is 1. The molecule has 0 saturated heterocycles. The third-order valence-corrected chi connectivity index (χ3v) is 5.04. The summed E-state index contributed by atoms with van der Waals surface area (Å²) < 4.78 is 11.0. The van der Waals surface area contributed by atoms with Gasteiger partial charge in [-0.15, -0.1) is 10.2 Å². The van der Waals surface area contributed by atoms with Crippen molar-refractivity contribution >= 4 is 17.4 Å². The zero-order valence-corrected chi connectivity index (χ0v) is 16.8. The van der Waals surface area contributed by atoms with E-state index in [1.807, 2.05) is 12.1 Å². The summed E-state index contributed by atoms with van der Waals surface area (Å²) >= 11 is 1.41. The van der Waals surface area contributed by atoms with Crippen molar-refractivity contribution < 1.29 is 8.94 Å². The number of aromatic nitrogens is 4. The van der Waals surface area contributed by atoms with Crippen molar-refractivity contribution in [3.8, 4) is 11.5 Å². The Balaban J connectivity index is 1.59. The molecule has 0 saturated carbocycles. The highest BCUT2D eigenvalue weighted by molar-refractivity contribution is 7.98. The number of anilines is 1. The van der Waals surface area contributed by atoms with Gasteiger partial charge in [0.15, 0.2) is 5.82 Å². The van der Waals surface area contributed by atoms with Crippen molar-refractivity contribution in [3.63, 3.8) is 0 Å². The van der Waals surface area contributed by atoms with E-state index < -0.39 is 0 Å². The maximum Gasteiger partial charge on any atom is 0.277 e. The van der Waals surface area contributed by atoms with Gasteiger partial charge in [-0.3, -0.25) is 0 Å². The minimum absolute atomic E-state index is 0.498. The number of nitrogens with zero attached hydrogens (tertiary/aromatic N) is 5. The molecule has 0 aliphatic heterocycles. The first-order valence-corrected chi connectivity index (χ1v) is 10.3. The summed E-state index contributed by atoms with van der Waals surface area (Å²) in [5, 5.41) is 12.7. The van der Waals surface area contributed by atoms with Crippen LogP contribution in [0.2, 0.25) is 0 Å². The Kier molecular flexibility index (Phi) is 6.86. The van der Waals surface area contributed by atoms with Crippen LogP contribution in [-0.4, -0.2) is 33.4 Å². The standard InChI is InChI=1S/C19H25N5O2S/c1-4-7-8-17-20-16(23-26-17)13-27-19-22-21-18(25-19)14-9-11-15(12-10-14)24(5-2)6-3/h9-12H,4-8,13H2,1-3H3. The fraction of sp³-hybridized carbons (Fsp3) is 0.474. The predicted molar refractivity (Wildman–Crippen MR) is 106 cm³/mol. The van der Waals surface area contributed by atoms with Gasteiger partial charge in [-0.25, -0.2) is 0 Å². The van der Waals surface area contributed by atoms with Crippen LogP contribution in [0, 0.1) is 0 Å². The molecule has 0 atom stereocenters. The molecule has 0 spiro atoms. The van der Waals surface area contributed by atoms with Crippen molar-refractivity contribution in [1.29, 1.82) is 0 Å². The van der Waals surface area contributed by atoms with E-state index in [4.69, 9.17) is 8.94 Å². The number of aryl methyl sites for hydroxylation is 1. The van der Waals surface area contributed by atoms with Gasteiger partial charge in [0.05, 0.1) is 5.75 Å². The van der Waals surface area contributed by atoms with Gasteiger partial charge in [0, 0.05) is 30.8 Å². The Morgan fingerprint density at radius 1 is 1.04 bits per heavy atom. The molecule has 27 heavy (non-hydrogen) atoms. The van der Waals surface area contributed by atoms with Crippen molar-refractivity contribution in [2.24, 2.45) is 0 Å². The van der Waals surface area contributed by atoms with Crippen LogP contribution in [0.1, 0.15) is 45.3 Å². The van der Waals surface area contributed by atoms with E-state index in [2.05, 4.69) is 58.1 Å². The number of unbranched alkanes of at least 4 members (excludes halogenated alkanes) is 1. The molecule has 0 aliphatic rings. The number of hydrogen-bond donors (Lipinski definition) is 0. The normalized spacial score (nSPS) is 11.1. The lowest BCUT2D eigenvalue weighted by molar-refractivity contribution is 0.371. The molecule has 0 unspecified atom stereocenters. The average Bonchev–Trinajstić information content (AvgIpc) is 3.36. The third kappa shape index (κ3) is 5.09. The van der Waals surface area contributed by atoms with E-state index in [0.29, 0.717) is 28.6 Å². The van der Waals surface area contributed by atoms with Crippen molar-refractivity contribution in [2.75, 3.05) is 18.0 Å². The lowest BCUT2D eigenvalue weighted by Gasteiger charge is -2.20. The molecule has 2 heterocycles. The molecule has 3 aromatic rings. The second kappa shape index (κ2) is 9.55. The molecule has 1 aromatic carbocycles. The Morgan fingerprint density at radius 3 is 2.52 bits per heavy atom. The third-order valence-electron chi connectivity index (χ3n) is 4.23. The summed E-state index contributed by atoms with van der Waals surface area (Å²) in [6, 6.07) is 8.18. The van der Waals surface area contributed by atoms with E-state index in [0.717, 1.165) is 37.9 Å². The summed E-state index contributed by atoms with van der Waals surface area (Å²) in [5.74, 6) is 2.39. The van der Waals surface area contributed by atoms with Gasteiger partial charge in [0.1, 0.15) is 0 Å². The molecule has 7 nitrogen and oxygen atoms in total. The zero-order valence-electron chi connectivity index (χ0n) is 16.0. The van der Waals surface area contributed by atoms with Crippen molar-refractivity contribution in [3.05, 3.63) is 36.0 Å². The molecule has 0 radical (unpaired) electrons. The smallest absolute Gasteiger partial charge is 0.277 e. The molecule has 3 rings (SSSR count). The Bertz CT molecular complexity index is 827. The molecule has 0 amide bonds. The molecule has 0 aliphatic carbocycles. The fourth-order valence-electron chi connectivity index (χ4n) is 2.69. The van der Waals surface area contributed by atoms with E-state index in [9.17, 15) is 0 Å². The van der Waals surface area contributed by atoms with Gasteiger partial charge < -0.3 is 13.8 Å². The highest BCUT2D eigenvalue weighted by atomic mass is 32.2. The lowest BCUT2D eigenvalue weighted by Crippen LogP contribution is -2.21. The second-order valence-corrected chi connectivity index (χ2v) is 7.02. The predicted octanol–water partition coefficient (Wildman–Crippen LogP) is 4.60. The molecule has 2 aromatic heterocycles. The number of rotatable bonds is 10. The first-order valence-electron chi connectivity index (χ1n) is 9.36. The number of benzene rings is 1. The van der Waals surface area contributed by atoms with Crippen LogP contribution in [0.3, 0.4) is 0 Å². The molecular formula is C19H25N5O2S. The quantitative estimate of drug-likeness (QED) is 0.467. The van der Waals surface area contributed by atoms with Crippen molar-refractivity contribution in [2.45, 2.75) is 51.0 Å². The van der Waals surface area contributed by atoms with Gasteiger partial charge in [0.25, 0.3) is 5.22 Å². The Hall–Kier alpha value is -2.35. The van der Waals surface area contributed by atoms with Crippen molar-refractivity contribution in [1.82, 2.24) is 20.3 Å². The topological polar surface area (TPSA) is 81.1 Å². The average molecular weight is 388 g/mol. The summed E-state index contributed by atoms with van der Waals surface area (Å²) in [4.78, 5) is 6.67. The maximum atomic E-state index is 5.76. The minimum Gasteiger partial charge on any atom is -0.411 e. The fourth-order valence-corrected chi connectivity index (χ4v) is 3.30. The second-order valence-electron chi connectivity index (χ2n) is 6.09. The number of hydrogen-bond acceptors (Lipinski definition) is 8. The zero-order chi connectivity index (χ0) is 19.1. The first kappa shape index (κ1) is 19.4. The van der Waals surface area contributed by atoms with Crippen LogP contribution in [0.25, 0.3) is 11.5 Å². The molecule has 0 fully saturated rings. The van der Waals surface area contributed by atoms with Crippen LogP contribution in [0.5, 0.6) is 0 Å². The van der Waals surface area contributed by atoms with Crippen LogP contribution in [0.4, 0.5) is 5.69 Å². The highest BCUT2D eigenvalue weighted by Gasteiger charge is 2.12. The largest absolute Gasteiger partial charge is 0.411 e. The summed E-state index contributed by atoms with van der Waals surface area (Å²) in [7, 11) is 0. The van der Waals surface area contributed by atoms with Crippen LogP contribution < -0.4 is 4.90 Å². The van der Waals surface area contributed by atoms with Gasteiger partial charge in [0.2, 0.25) is 11.8 Å². The minimum atomic E-state index is 0.498. The summed E-state index contributed by atoms with van der Waals surface area (Å²) in [5.41, 5.74) is 2.10. The van der Waals surface area contributed by atoms with E-state index in [1.54, 1.807) is 0 Å². The first-order chi connectivity index (χ1) is 13.2. The lowest BCUT2D eigenvalue weighted by atomic mass is 10.2. The van der Waals surface area contributed by atoms with Gasteiger partial charge in [-0.05, 0) is 44.5 Å². The van der Waals surface area contributed by atoms with Gasteiger partial charge >= 0.3 is 0 Å². The Morgan fingerprint density at radius 2 is 1.81 bits per heavy atom. The Labute approximate surface area is 163 Å². The van der Waals surface area contributed by atoms with Crippen LogP contribution in [-0.2, 0) is 12.2 Å². The molecular weight excluding hydrogens is 362 g/mol. The molecule has 0 bridgehead atoms. The summed E-state index contributed by atoms with van der Waals surface area (Å²) in [6.07, 6.45) is 2.98. The van der Waals surface area contributed by atoms with E-state index in [-0.39, 0.29) is 0 Å². The van der Waals surface area contributed by atoms with Gasteiger partial charge in [-0.2, -0.15) is 4.98 Å². The van der Waals surface area contributed by atoms with Crippen LogP contribution >= 0.6 is 11.8 Å². The molecule has 0 N–H and O–H groups in total. The van der Waals surface area contributed by atoms with Crippen LogP contribution in [0.15, 0.2) is 38.4 Å². The SMILES string of the molecule is CCCCc1nc(CSc2nnc(-c3ccc(N(CC)CC)cc3)o2)no1. The maximum absolute atomic E-state index is 5.76. The van der Waals surface area contributed by atoms with E-state index >= 15 is 0 Å². The van der Waals surface area contributed by atoms with E-state index in [1.165, 1.54) is 17.4 Å². The molecule has 144 valence electrons. The van der Waals surface area contributed by atoms with Gasteiger partial charge in [-0.1, -0.05) is 30.3 Å². The monoisotopic (exact) mass is 387 g/mol. The highest BCUT2D eigenvalue weighted by Crippen LogP contribution is 2.26.